The normalized spacial score (nSPS) is 18.0. The van der Waals surface area contributed by atoms with E-state index in [0.717, 1.165) is 70.1 Å². The summed E-state index contributed by atoms with van der Waals surface area (Å²) in [6, 6.07) is 16.8. The second-order valence-corrected chi connectivity index (χ2v) is 9.60. The number of fused-ring (bicyclic) bond motifs is 1. The minimum absolute atomic E-state index is 0.243. The van der Waals surface area contributed by atoms with Gasteiger partial charge in [-0.3, -0.25) is 0 Å². The average Bonchev–Trinajstić information content (AvgIpc) is 3.68. The van der Waals surface area contributed by atoms with Gasteiger partial charge in [0.2, 0.25) is 0 Å². The van der Waals surface area contributed by atoms with Crippen LogP contribution in [0.1, 0.15) is 79.0 Å². The highest BCUT2D eigenvalue weighted by atomic mass is 15.0. The third-order valence-electron chi connectivity index (χ3n) is 7.19. The summed E-state index contributed by atoms with van der Waals surface area (Å²) in [6.07, 6.45) is 7.60. The number of imidazole rings is 2. The fourth-order valence-electron chi connectivity index (χ4n) is 5.31. The molecule has 0 spiro atoms. The van der Waals surface area contributed by atoms with E-state index in [-0.39, 0.29) is 6.04 Å². The summed E-state index contributed by atoms with van der Waals surface area (Å²) in [5, 5.41) is 12.7. The second-order valence-electron chi connectivity index (χ2n) is 9.60. The zero-order chi connectivity index (χ0) is 23.6. The summed E-state index contributed by atoms with van der Waals surface area (Å²) in [6.45, 7) is 1.01. The number of benzene rings is 2. The Bertz CT molecular complexity index is 1450. The largest absolute Gasteiger partial charge is 0.343 e. The zero-order valence-electron chi connectivity index (χ0n) is 19.7. The molecule has 6 rings (SSSR count). The third-order valence-corrected chi connectivity index (χ3v) is 7.19. The fourth-order valence-corrected chi connectivity index (χ4v) is 5.31. The van der Waals surface area contributed by atoms with Crippen LogP contribution in [0.4, 0.5) is 0 Å². The van der Waals surface area contributed by atoms with Crippen LogP contribution in [-0.4, -0.2) is 26.5 Å². The molecule has 2 aromatic carbocycles. The lowest BCUT2D eigenvalue weighted by Crippen LogP contribution is -2.14. The molecule has 6 nitrogen and oxygen atoms in total. The van der Waals surface area contributed by atoms with Gasteiger partial charge in [0.25, 0.3) is 0 Å². The van der Waals surface area contributed by atoms with Crippen molar-refractivity contribution in [2.24, 2.45) is 0 Å². The van der Waals surface area contributed by atoms with Crippen molar-refractivity contribution < 1.29 is 0 Å². The Labute approximate surface area is 205 Å². The first kappa shape index (κ1) is 21.6. The number of hydrogen-bond acceptors (Lipinski definition) is 4. The maximum atomic E-state index is 9.27. The van der Waals surface area contributed by atoms with Gasteiger partial charge in [-0.05, 0) is 62.6 Å². The average molecular weight is 461 g/mol. The molecule has 0 amide bonds. The number of H-pyrrole nitrogens is 2. The lowest BCUT2D eigenvalue weighted by molar-refractivity contribution is 0.611. The van der Waals surface area contributed by atoms with E-state index in [1.54, 1.807) is 0 Å². The van der Waals surface area contributed by atoms with Crippen molar-refractivity contribution in [1.29, 1.82) is 5.26 Å². The molecule has 2 fully saturated rings. The SMILES string of the molecule is N#CCc1[nH]c([C@@H]2CCCN2)nc1-c1ccc(C#Cc2ccc3nc(C4CCCC4)[nH]c3c2)cc1. The van der Waals surface area contributed by atoms with Crippen LogP contribution >= 0.6 is 0 Å². The summed E-state index contributed by atoms with van der Waals surface area (Å²) in [7, 11) is 0. The van der Waals surface area contributed by atoms with Gasteiger partial charge >= 0.3 is 0 Å². The topological polar surface area (TPSA) is 93.2 Å². The molecule has 1 aliphatic carbocycles. The summed E-state index contributed by atoms with van der Waals surface area (Å²) < 4.78 is 0. The fraction of sp³-hybridized carbons (Fsp3) is 0.345. The van der Waals surface area contributed by atoms with Gasteiger partial charge in [0.15, 0.2) is 0 Å². The Kier molecular flexibility index (Phi) is 5.82. The Morgan fingerprint density at radius 2 is 1.66 bits per heavy atom. The third kappa shape index (κ3) is 4.46. The van der Waals surface area contributed by atoms with Crippen LogP contribution in [0.5, 0.6) is 0 Å². The molecular weight excluding hydrogens is 432 g/mol. The van der Waals surface area contributed by atoms with Crippen molar-refractivity contribution in [1.82, 2.24) is 25.3 Å². The molecule has 0 radical (unpaired) electrons. The Morgan fingerprint density at radius 3 is 2.43 bits per heavy atom. The smallest absolute Gasteiger partial charge is 0.124 e. The summed E-state index contributed by atoms with van der Waals surface area (Å²) in [5.74, 6) is 9.20. The molecule has 1 aliphatic heterocycles. The van der Waals surface area contributed by atoms with E-state index in [1.165, 1.54) is 25.7 Å². The van der Waals surface area contributed by atoms with E-state index in [2.05, 4.69) is 45.3 Å². The van der Waals surface area contributed by atoms with Gasteiger partial charge in [0, 0.05) is 22.6 Å². The van der Waals surface area contributed by atoms with Gasteiger partial charge < -0.3 is 15.3 Å². The Hall–Kier alpha value is -3.87. The quantitative estimate of drug-likeness (QED) is 0.351. The maximum Gasteiger partial charge on any atom is 0.124 e. The van der Waals surface area contributed by atoms with Crippen LogP contribution in [0.25, 0.3) is 22.3 Å². The molecular formula is C29H28N6. The van der Waals surface area contributed by atoms with Gasteiger partial charge in [-0.1, -0.05) is 36.8 Å². The van der Waals surface area contributed by atoms with Crippen molar-refractivity contribution in [3.8, 4) is 29.2 Å². The van der Waals surface area contributed by atoms with E-state index >= 15 is 0 Å². The first-order valence-corrected chi connectivity index (χ1v) is 12.6. The summed E-state index contributed by atoms with van der Waals surface area (Å²) >= 11 is 0. The van der Waals surface area contributed by atoms with Crippen LogP contribution in [-0.2, 0) is 6.42 Å². The molecule has 3 N–H and O–H groups in total. The number of aromatic amines is 2. The highest BCUT2D eigenvalue weighted by Gasteiger charge is 2.22. The number of hydrogen-bond donors (Lipinski definition) is 3. The molecule has 35 heavy (non-hydrogen) atoms. The van der Waals surface area contributed by atoms with Crippen LogP contribution in [0.2, 0.25) is 0 Å². The molecule has 3 heterocycles. The Morgan fingerprint density at radius 1 is 0.857 bits per heavy atom. The van der Waals surface area contributed by atoms with Crippen LogP contribution < -0.4 is 5.32 Å². The van der Waals surface area contributed by atoms with Crippen molar-refractivity contribution in [2.75, 3.05) is 6.54 Å². The lowest BCUT2D eigenvalue weighted by Gasteiger charge is -2.04. The number of nitriles is 1. The number of nitrogens with zero attached hydrogens (tertiary/aromatic N) is 3. The van der Waals surface area contributed by atoms with Gasteiger partial charge in [0.05, 0.1) is 41.0 Å². The van der Waals surface area contributed by atoms with Crippen molar-refractivity contribution in [3.63, 3.8) is 0 Å². The first-order valence-electron chi connectivity index (χ1n) is 12.6. The predicted octanol–water partition coefficient (Wildman–Crippen LogP) is 5.50. The number of rotatable bonds is 4. The lowest BCUT2D eigenvalue weighted by atomic mass is 10.1. The summed E-state index contributed by atoms with van der Waals surface area (Å²) in [4.78, 5) is 16.6. The van der Waals surface area contributed by atoms with Gasteiger partial charge in [-0.25, -0.2) is 9.97 Å². The standard InChI is InChI=1S/C29H28N6/c30-16-15-24-27(35-29(33-24)25-6-3-17-31-25)21-12-9-19(10-13-21)7-8-20-11-14-23-26(18-20)34-28(32-23)22-4-1-2-5-22/h9-14,18,22,25,31H,1-6,15,17H2,(H,32,34)(H,33,35)/t25-/m0/s1. The number of nitrogens with one attached hydrogen (secondary N) is 3. The molecule has 2 aromatic heterocycles. The predicted molar refractivity (Wildman–Crippen MR) is 137 cm³/mol. The van der Waals surface area contributed by atoms with E-state index in [4.69, 9.17) is 9.97 Å². The number of aromatic nitrogens is 4. The van der Waals surface area contributed by atoms with Crippen molar-refractivity contribution in [3.05, 3.63) is 70.9 Å². The molecule has 1 atom stereocenters. The molecule has 0 unspecified atom stereocenters. The van der Waals surface area contributed by atoms with Gasteiger partial charge in [0.1, 0.15) is 11.6 Å². The van der Waals surface area contributed by atoms with E-state index in [1.807, 2.05) is 30.3 Å². The van der Waals surface area contributed by atoms with Crippen LogP contribution in [0.15, 0.2) is 42.5 Å². The minimum Gasteiger partial charge on any atom is -0.343 e. The maximum absolute atomic E-state index is 9.27. The van der Waals surface area contributed by atoms with E-state index < -0.39 is 0 Å². The van der Waals surface area contributed by atoms with Gasteiger partial charge in [-0.2, -0.15) is 5.26 Å². The van der Waals surface area contributed by atoms with Crippen molar-refractivity contribution >= 4 is 11.0 Å². The molecule has 0 bridgehead atoms. The zero-order valence-corrected chi connectivity index (χ0v) is 19.7. The van der Waals surface area contributed by atoms with Crippen LogP contribution in [0.3, 0.4) is 0 Å². The summed E-state index contributed by atoms with van der Waals surface area (Å²) in [5.41, 5.74) is 6.73. The highest BCUT2D eigenvalue weighted by Crippen LogP contribution is 2.33. The minimum atomic E-state index is 0.243. The van der Waals surface area contributed by atoms with E-state index in [0.29, 0.717) is 12.3 Å². The molecule has 2 aliphatic rings. The van der Waals surface area contributed by atoms with Crippen molar-refractivity contribution in [2.45, 2.75) is 56.9 Å². The molecule has 174 valence electrons. The molecule has 4 aromatic rings. The van der Waals surface area contributed by atoms with E-state index in [9.17, 15) is 5.26 Å². The molecule has 1 saturated carbocycles. The molecule has 1 saturated heterocycles. The highest BCUT2D eigenvalue weighted by molar-refractivity contribution is 5.77. The van der Waals surface area contributed by atoms with Gasteiger partial charge in [-0.15, -0.1) is 0 Å². The monoisotopic (exact) mass is 460 g/mol. The van der Waals surface area contributed by atoms with Crippen LogP contribution in [0, 0.1) is 23.2 Å². The Balaban J connectivity index is 1.22. The first-order chi connectivity index (χ1) is 17.3. The second kappa shape index (κ2) is 9.41. The molecule has 6 heteroatoms.